The summed E-state index contributed by atoms with van der Waals surface area (Å²) in [6.45, 7) is 10.6. The molecule has 0 aromatic carbocycles. The Hall–Kier alpha value is -2.22. The van der Waals surface area contributed by atoms with Crippen molar-refractivity contribution in [1.29, 1.82) is 0 Å². The first-order valence-electron chi connectivity index (χ1n) is 9.74. The number of allylic oxidation sites excluding steroid dienone is 3. The first kappa shape index (κ1) is 19.1. The Bertz CT molecular complexity index is 904. The number of aromatic nitrogens is 3. The highest BCUT2D eigenvalue weighted by atomic mass is 32.1. The van der Waals surface area contributed by atoms with E-state index < -0.39 is 0 Å². The summed E-state index contributed by atoms with van der Waals surface area (Å²) in [5.74, 6) is 1.61. The van der Waals surface area contributed by atoms with Crippen molar-refractivity contribution >= 4 is 11.3 Å². The van der Waals surface area contributed by atoms with Crippen molar-refractivity contribution in [3.05, 3.63) is 59.0 Å². The molecule has 148 valence electrons. The molecule has 4 heterocycles. The second-order valence-electron chi connectivity index (χ2n) is 7.37. The number of hydrazine groups is 1. The molecule has 0 bridgehead atoms. The van der Waals surface area contributed by atoms with Crippen molar-refractivity contribution in [3.63, 3.8) is 0 Å². The first-order chi connectivity index (χ1) is 13.7. The number of hydrogen-bond donors (Lipinski definition) is 2. The minimum absolute atomic E-state index is 0.0289. The van der Waals surface area contributed by atoms with Crippen LogP contribution in [0.25, 0.3) is 10.8 Å². The summed E-state index contributed by atoms with van der Waals surface area (Å²) in [5, 5.41) is 3.09. The quantitative estimate of drug-likeness (QED) is 0.724. The molecule has 0 radical (unpaired) electrons. The van der Waals surface area contributed by atoms with E-state index in [0.717, 1.165) is 60.5 Å². The van der Waals surface area contributed by atoms with Crippen molar-refractivity contribution in [2.45, 2.75) is 39.3 Å². The largest absolute Gasteiger partial charge is 0.381 e. The lowest BCUT2D eigenvalue weighted by atomic mass is 10.0. The molecule has 2 aromatic heterocycles. The van der Waals surface area contributed by atoms with Crippen LogP contribution in [0, 0.1) is 12.8 Å². The van der Waals surface area contributed by atoms with Crippen LogP contribution in [-0.4, -0.2) is 27.7 Å². The third-order valence-corrected chi connectivity index (χ3v) is 6.12. The number of imidazole rings is 1. The molecule has 28 heavy (non-hydrogen) atoms. The number of thiazole rings is 1. The molecule has 2 aromatic rings. The van der Waals surface area contributed by atoms with Gasteiger partial charge in [0, 0.05) is 37.0 Å². The van der Waals surface area contributed by atoms with Crippen LogP contribution in [0.5, 0.6) is 0 Å². The van der Waals surface area contributed by atoms with E-state index >= 15 is 0 Å². The average molecular weight is 398 g/mol. The van der Waals surface area contributed by atoms with E-state index in [4.69, 9.17) is 14.7 Å². The lowest BCUT2D eigenvalue weighted by molar-refractivity contribution is 0.0614. The molecule has 0 aliphatic carbocycles. The van der Waals surface area contributed by atoms with Gasteiger partial charge >= 0.3 is 0 Å². The highest BCUT2D eigenvalue weighted by molar-refractivity contribution is 7.13. The van der Waals surface area contributed by atoms with Gasteiger partial charge in [-0.25, -0.2) is 15.4 Å². The Balaban J connectivity index is 1.58. The van der Waals surface area contributed by atoms with Crippen molar-refractivity contribution in [3.8, 4) is 10.8 Å². The van der Waals surface area contributed by atoms with Gasteiger partial charge in [0.1, 0.15) is 0 Å². The predicted octanol–water partition coefficient (Wildman–Crippen LogP) is 3.91. The number of ether oxygens (including phenoxy) is 1. The zero-order valence-electron chi connectivity index (χ0n) is 16.4. The summed E-state index contributed by atoms with van der Waals surface area (Å²) in [4.78, 5) is 9.71. The van der Waals surface area contributed by atoms with Gasteiger partial charge in [-0.05, 0) is 38.2 Å². The highest BCUT2D eigenvalue weighted by Gasteiger charge is 2.26. The van der Waals surface area contributed by atoms with Crippen LogP contribution < -0.4 is 10.9 Å². The van der Waals surface area contributed by atoms with E-state index in [1.165, 1.54) is 5.57 Å². The standard InChI is InChI=1S/C21H27N5OS/c1-4-5-6-17-15(3)24-25-19(17)18-13-28-21(23-18)20-22-14(2)11-26(20)12-16-7-9-27-10-8-16/h4-6,11,13,16,19,24-25H,1,7-10,12H2,2-3H3/b6-5-. The van der Waals surface area contributed by atoms with Gasteiger partial charge in [-0.15, -0.1) is 11.3 Å². The zero-order valence-corrected chi connectivity index (χ0v) is 17.3. The third-order valence-electron chi connectivity index (χ3n) is 5.26. The van der Waals surface area contributed by atoms with Gasteiger partial charge in [-0.3, -0.25) is 0 Å². The zero-order chi connectivity index (χ0) is 19.5. The molecule has 4 rings (SSSR count). The molecule has 0 spiro atoms. The Morgan fingerprint density at radius 1 is 1.32 bits per heavy atom. The van der Waals surface area contributed by atoms with Crippen molar-refractivity contribution in [2.75, 3.05) is 13.2 Å². The lowest BCUT2D eigenvalue weighted by Gasteiger charge is -2.22. The molecule has 0 saturated carbocycles. The normalized spacial score (nSPS) is 20.9. The van der Waals surface area contributed by atoms with E-state index in [1.807, 2.05) is 13.0 Å². The SMILES string of the molecule is C=C/C=C\C1=C(C)NNC1c1csc(-c2nc(C)cn2CC2CCOCC2)n1. The van der Waals surface area contributed by atoms with Gasteiger partial charge in [0.2, 0.25) is 0 Å². The Morgan fingerprint density at radius 3 is 2.93 bits per heavy atom. The number of nitrogens with zero attached hydrogens (tertiary/aromatic N) is 3. The van der Waals surface area contributed by atoms with Gasteiger partial charge in [0.15, 0.2) is 10.8 Å². The molecule has 1 saturated heterocycles. The first-order valence-corrected chi connectivity index (χ1v) is 10.6. The number of nitrogens with one attached hydrogen (secondary N) is 2. The van der Waals surface area contributed by atoms with Crippen LogP contribution in [0.4, 0.5) is 0 Å². The summed E-state index contributed by atoms with van der Waals surface area (Å²) >= 11 is 1.65. The van der Waals surface area contributed by atoms with E-state index in [0.29, 0.717) is 5.92 Å². The van der Waals surface area contributed by atoms with Gasteiger partial charge in [-0.2, -0.15) is 0 Å². The monoisotopic (exact) mass is 397 g/mol. The van der Waals surface area contributed by atoms with Crippen LogP contribution >= 0.6 is 11.3 Å². The molecule has 2 aliphatic rings. The van der Waals surface area contributed by atoms with Gasteiger partial charge in [0.25, 0.3) is 0 Å². The van der Waals surface area contributed by atoms with Crippen LogP contribution in [0.15, 0.2) is 47.7 Å². The van der Waals surface area contributed by atoms with E-state index in [-0.39, 0.29) is 6.04 Å². The smallest absolute Gasteiger partial charge is 0.169 e. The molecule has 6 nitrogen and oxygen atoms in total. The van der Waals surface area contributed by atoms with Crippen molar-refractivity contribution < 1.29 is 4.74 Å². The summed E-state index contributed by atoms with van der Waals surface area (Å²) < 4.78 is 7.77. The highest BCUT2D eigenvalue weighted by Crippen LogP contribution is 2.32. The van der Waals surface area contributed by atoms with E-state index in [1.54, 1.807) is 17.4 Å². The van der Waals surface area contributed by atoms with Crippen molar-refractivity contribution in [1.82, 2.24) is 25.4 Å². The average Bonchev–Trinajstić information content (AvgIpc) is 3.40. The van der Waals surface area contributed by atoms with E-state index in [9.17, 15) is 0 Å². The molecule has 2 N–H and O–H groups in total. The molecular weight excluding hydrogens is 370 g/mol. The predicted molar refractivity (Wildman–Crippen MR) is 113 cm³/mol. The number of aryl methyl sites for hydroxylation is 1. The maximum absolute atomic E-state index is 5.50. The van der Waals surface area contributed by atoms with Crippen LogP contribution in [-0.2, 0) is 11.3 Å². The second kappa shape index (κ2) is 8.43. The van der Waals surface area contributed by atoms with Crippen LogP contribution in [0.3, 0.4) is 0 Å². The minimum atomic E-state index is 0.0289. The Kier molecular flexibility index (Phi) is 5.75. The molecule has 7 heteroatoms. The van der Waals surface area contributed by atoms with Gasteiger partial charge in [0.05, 0.1) is 17.4 Å². The maximum atomic E-state index is 5.50. The Morgan fingerprint density at radius 2 is 2.14 bits per heavy atom. The summed E-state index contributed by atoms with van der Waals surface area (Å²) in [6, 6.07) is 0.0289. The molecule has 1 atom stereocenters. The fraction of sp³-hybridized carbons (Fsp3) is 0.429. The molecular formula is C21H27N5OS. The molecule has 0 amide bonds. The Labute approximate surface area is 170 Å². The summed E-state index contributed by atoms with van der Waals surface area (Å²) in [7, 11) is 0. The van der Waals surface area contributed by atoms with Crippen LogP contribution in [0.2, 0.25) is 0 Å². The van der Waals surface area contributed by atoms with E-state index in [2.05, 4.69) is 46.6 Å². The number of hydrogen-bond acceptors (Lipinski definition) is 6. The van der Waals surface area contributed by atoms with Gasteiger partial charge < -0.3 is 14.7 Å². The molecule has 1 unspecified atom stereocenters. The van der Waals surface area contributed by atoms with Crippen molar-refractivity contribution in [2.24, 2.45) is 5.92 Å². The van der Waals surface area contributed by atoms with Gasteiger partial charge in [-0.1, -0.05) is 24.8 Å². The number of rotatable bonds is 6. The lowest BCUT2D eigenvalue weighted by Crippen LogP contribution is -2.26. The third kappa shape index (κ3) is 3.97. The fourth-order valence-corrected chi connectivity index (χ4v) is 4.61. The van der Waals surface area contributed by atoms with Crippen LogP contribution in [0.1, 0.15) is 37.2 Å². The molecule has 1 fully saturated rings. The molecule has 2 aliphatic heterocycles. The maximum Gasteiger partial charge on any atom is 0.169 e. The second-order valence-corrected chi connectivity index (χ2v) is 8.23. The topological polar surface area (TPSA) is 64.0 Å². The summed E-state index contributed by atoms with van der Waals surface area (Å²) in [5.41, 5.74) is 10.9. The minimum Gasteiger partial charge on any atom is -0.381 e. The fourth-order valence-electron chi connectivity index (χ4n) is 3.76. The summed E-state index contributed by atoms with van der Waals surface area (Å²) in [6.07, 6.45) is 10.2.